The Morgan fingerprint density at radius 3 is 2.32 bits per heavy atom. The lowest BCUT2D eigenvalue weighted by Crippen LogP contribution is -2.16. The Balaban J connectivity index is 2.44. The molecule has 1 heterocycles. The van der Waals surface area contributed by atoms with Crippen LogP contribution in [0.5, 0.6) is 0 Å². The highest BCUT2D eigenvalue weighted by Crippen LogP contribution is 2.29. The Kier molecular flexibility index (Phi) is 4.56. The van der Waals surface area contributed by atoms with Crippen LogP contribution in [0.25, 0.3) is 11.3 Å². The number of carboxylic acids is 1. The van der Waals surface area contributed by atoms with E-state index in [1.807, 2.05) is 19.1 Å². The monoisotopic (exact) mass is 319 g/mol. The third-order valence-corrected chi connectivity index (χ3v) is 4.53. The third kappa shape index (κ3) is 3.47. The van der Waals surface area contributed by atoms with Gasteiger partial charge in [0.15, 0.2) is 0 Å². The van der Waals surface area contributed by atoms with Crippen molar-refractivity contribution in [3.63, 3.8) is 0 Å². The van der Waals surface area contributed by atoms with Crippen molar-refractivity contribution in [2.24, 2.45) is 0 Å². The van der Waals surface area contributed by atoms with E-state index < -0.39 is 5.97 Å². The van der Waals surface area contributed by atoms with Crippen LogP contribution in [0.15, 0.2) is 29.1 Å². The van der Waals surface area contributed by atoms with Crippen LogP contribution in [0.2, 0.25) is 0 Å². The number of thiazole rings is 1. The van der Waals surface area contributed by atoms with Crippen LogP contribution in [-0.2, 0) is 16.8 Å². The van der Waals surface area contributed by atoms with E-state index in [4.69, 9.17) is 5.11 Å². The molecule has 0 unspecified atom stereocenters. The summed E-state index contributed by atoms with van der Waals surface area (Å²) in [5, 5.41) is 8.85. The molecule has 0 saturated carbocycles. The van der Waals surface area contributed by atoms with Gasteiger partial charge in [-0.2, -0.15) is 0 Å². The molecular weight excluding hydrogens is 298 g/mol. The molecule has 0 aliphatic heterocycles. The predicted molar refractivity (Wildman–Crippen MR) is 89.7 cm³/mol. The van der Waals surface area contributed by atoms with Crippen LogP contribution in [0.1, 0.15) is 37.6 Å². The second kappa shape index (κ2) is 6.08. The summed E-state index contributed by atoms with van der Waals surface area (Å²) in [5.41, 5.74) is 3.08. The second-order valence-corrected chi connectivity index (χ2v) is 7.56. The Morgan fingerprint density at radius 2 is 1.82 bits per heavy atom. The average Bonchev–Trinajstić information content (AvgIpc) is 2.69. The molecule has 0 fully saturated rings. The summed E-state index contributed by atoms with van der Waals surface area (Å²) in [6, 6.07) is 8.15. The SMILES string of the molecule is Cc1sc(=O)n(CCC(=O)O)c1-c1ccc(C(C)(C)C)cc1. The van der Waals surface area contributed by atoms with Gasteiger partial charge in [0.2, 0.25) is 0 Å². The van der Waals surface area contributed by atoms with E-state index in [1.54, 1.807) is 4.57 Å². The van der Waals surface area contributed by atoms with Crippen molar-refractivity contribution in [2.45, 2.75) is 46.1 Å². The van der Waals surface area contributed by atoms with Crippen molar-refractivity contribution in [1.29, 1.82) is 0 Å². The Bertz CT molecular complexity index is 733. The summed E-state index contributed by atoms with van der Waals surface area (Å²) in [6.45, 7) is 8.56. The fraction of sp³-hybridized carbons (Fsp3) is 0.412. The van der Waals surface area contributed by atoms with Crippen molar-refractivity contribution in [3.8, 4) is 11.3 Å². The first-order valence-electron chi connectivity index (χ1n) is 7.23. The molecule has 0 aliphatic carbocycles. The molecule has 5 heteroatoms. The van der Waals surface area contributed by atoms with Crippen molar-refractivity contribution in [1.82, 2.24) is 4.57 Å². The van der Waals surface area contributed by atoms with Crippen LogP contribution < -0.4 is 4.87 Å². The number of carbonyl (C=O) groups is 1. The summed E-state index contributed by atoms with van der Waals surface area (Å²) in [4.78, 5) is 23.7. The second-order valence-electron chi connectivity index (χ2n) is 6.40. The number of aryl methyl sites for hydroxylation is 1. The minimum absolute atomic E-state index is 0.0524. The maximum Gasteiger partial charge on any atom is 0.307 e. The Labute approximate surface area is 134 Å². The van der Waals surface area contributed by atoms with E-state index in [9.17, 15) is 9.59 Å². The number of nitrogens with zero attached hydrogens (tertiary/aromatic N) is 1. The van der Waals surface area contributed by atoms with E-state index >= 15 is 0 Å². The Morgan fingerprint density at radius 1 is 1.23 bits per heavy atom. The number of carboxylic acid groups (broad SMARTS) is 1. The van der Waals surface area contributed by atoms with Crippen LogP contribution >= 0.6 is 11.3 Å². The van der Waals surface area contributed by atoms with Gasteiger partial charge < -0.3 is 5.11 Å². The maximum absolute atomic E-state index is 12.1. The average molecular weight is 319 g/mol. The number of aliphatic carboxylic acids is 1. The fourth-order valence-corrected chi connectivity index (χ4v) is 3.29. The highest BCUT2D eigenvalue weighted by atomic mass is 32.1. The molecule has 2 rings (SSSR count). The van der Waals surface area contributed by atoms with Crippen molar-refractivity contribution < 1.29 is 9.90 Å². The molecule has 22 heavy (non-hydrogen) atoms. The predicted octanol–water partition coefficient (Wildman–Crippen LogP) is 3.66. The van der Waals surface area contributed by atoms with Gasteiger partial charge in [-0.05, 0) is 23.5 Å². The first-order valence-corrected chi connectivity index (χ1v) is 8.04. The lowest BCUT2D eigenvalue weighted by atomic mass is 9.86. The Hall–Kier alpha value is -1.88. The zero-order chi connectivity index (χ0) is 16.5. The van der Waals surface area contributed by atoms with Crippen molar-refractivity contribution in [2.75, 3.05) is 0 Å². The molecule has 1 N–H and O–H groups in total. The summed E-state index contributed by atoms with van der Waals surface area (Å²) >= 11 is 1.17. The quantitative estimate of drug-likeness (QED) is 0.935. The largest absolute Gasteiger partial charge is 0.481 e. The molecule has 2 aromatic rings. The molecule has 0 bridgehead atoms. The molecule has 0 spiro atoms. The van der Waals surface area contributed by atoms with Gasteiger partial charge in [-0.15, -0.1) is 0 Å². The number of benzene rings is 1. The van der Waals surface area contributed by atoms with E-state index in [0.29, 0.717) is 0 Å². The summed E-state index contributed by atoms with van der Waals surface area (Å²) in [7, 11) is 0. The zero-order valence-electron chi connectivity index (χ0n) is 13.3. The fourth-order valence-electron chi connectivity index (χ4n) is 2.41. The highest BCUT2D eigenvalue weighted by molar-refractivity contribution is 7.09. The first-order chi connectivity index (χ1) is 10.2. The minimum atomic E-state index is -0.898. The van der Waals surface area contributed by atoms with Crippen LogP contribution in [0.4, 0.5) is 0 Å². The summed E-state index contributed by atoms with van der Waals surface area (Å²) in [6.07, 6.45) is -0.0524. The van der Waals surface area contributed by atoms with Gasteiger partial charge in [0.05, 0.1) is 12.1 Å². The highest BCUT2D eigenvalue weighted by Gasteiger charge is 2.17. The minimum Gasteiger partial charge on any atom is -0.481 e. The molecule has 0 atom stereocenters. The maximum atomic E-state index is 12.1. The smallest absolute Gasteiger partial charge is 0.307 e. The molecule has 0 amide bonds. The number of rotatable bonds is 4. The standard InChI is InChI=1S/C17H21NO3S/c1-11-15(18(16(21)22-11)10-9-14(19)20)12-5-7-13(8-6-12)17(2,3)4/h5-8H,9-10H2,1-4H3,(H,19,20). The lowest BCUT2D eigenvalue weighted by Gasteiger charge is -2.19. The molecule has 0 aliphatic rings. The van der Waals surface area contributed by atoms with Gasteiger partial charge >= 0.3 is 10.8 Å². The van der Waals surface area contributed by atoms with E-state index in [2.05, 4.69) is 32.9 Å². The van der Waals surface area contributed by atoms with Crippen LogP contribution in [0, 0.1) is 6.92 Å². The summed E-state index contributed by atoms with van der Waals surface area (Å²) in [5.74, 6) is -0.898. The van der Waals surface area contributed by atoms with Gasteiger partial charge in [0.1, 0.15) is 0 Å². The van der Waals surface area contributed by atoms with Crippen molar-refractivity contribution >= 4 is 17.3 Å². The lowest BCUT2D eigenvalue weighted by molar-refractivity contribution is -0.137. The van der Waals surface area contributed by atoms with E-state index in [0.717, 1.165) is 16.1 Å². The van der Waals surface area contributed by atoms with Crippen LogP contribution in [0.3, 0.4) is 0 Å². The normalized spacial score (nSPS) is 11.6. The molecule has 4 nitrogen and oxygen atoms in total. The van der Waals surface area contributed by atoms with Crippen molar-refractivity contribution in [3.05, 3.63) is 44.4 Å². The first kappa shape index (κ1) is 16.5. The molecular formula is C17H21NO3S. The molecule has 1 aromatic carbocycles. The molecule has 0 radical (unpaired) electrons. The van der Waals surface area contributed by atoms with Gasteiger partial charge in [0.25, 0.3) is 0 Å². The van der Waals surface area contributed by atoms with E-state index in [-0.39, 0.29) is 23.3 Å². The number of aromatic nitrogens is 1. The zero-order valence-corrected chi connectivity index (χ0v) is 14.2. The van der Waals surface area contributed by atoms with Gasteiger partial charge in [-0.3, -0.25) is 14.2 Å². The third-order valence-electron chi connectivity index (χ3n) is 3.64. The topological polar surface area (TPSA) is 59.3 Å². The number of hydrogen-bond acceptors (Lipinski definition) is 3. The number of hydrogen-bond donors (Lipinski definition) is 1. The van der Waals surface area contributed by atoms with E-state index in [1.165, 1.54) is 16.9 Å². The van der Waals surface area contributed by atoms with Gasteiger partial charge in [0, 0.05) is 11.4 Å². The van der Waals surface area contributed by atoms with Gasteiger partial charge in [-0.1, -0.05) is 56.4 Å². The molecule has 1 aromatic heterocycles. The van der Waals surface area contributed by atoms with Gasteiger partial charge in [-0.25, -0.2) is 0 Å². The molecule has 0 saturated heterocycles. The molecule has 118 valence electrons. The summed E-state index contributed by atoms with van der Waals surface area (Å²) < 4.78 is 1.57. The van der Waals surface area contributed by atoms with Crippen LogP contribution in [-0.4, -0.2) is 15.6 Å².